The molecule has 2 N–H and O–H groups in total. The van der Waals surface area contributed by atoms with Gasteiger partial charge in [0.15, 0.2) is 0 Å². The maximum absolute atomic E-state index is 10.1. The van der Waals surface area contributed by atoms with Gasteiger partial charge >= 0.3 is 0 Å². The molecule has 2 heterocycles. The van der Waals surface area contributed by atoms with Crippen LogP contribution in [0.1, 0.15) is 29.2 Å². The zero-order valence-electron chi connectivity index (χ0n) is 14.0. The fourth-order valence-corrected chi connectivity index (χ4v) is 3.57. The van der Waals surface area contributed by atoms with Crippen LogP contribution in [0.2, 0.25) is 0 Å². The first-order chi connectivity index (χ1) is 11.6. The third kappa shape index (κ3) is 2.70. The first kappa shape index (κ1) is 15.3. The number of benzene rings is 1. The molecule has 24 heavy (non-hydrogen) atoms. The minimum Gasteiger partial charge on any atom is -0.391 e. The van der Waals surface area contributed by atoms with Gasteiger partial charge in [-0.3, -0.25) is 9.67 Å². The van der Waals surface area contributed by atoms with Gasteiger partial charge in [-0.15, -0.1) is 0 Å². The van der Waals surface area contributed by atoms with E-state index in [-0.39, 0.29) is 18.2 Å². The van der Waals surface area contributed by atoms with Crippen LogP contribution in [0.4, 0.5) is 0 Å². The van der Waals surface area contributed by atoms with Gasteiger partial charge in [-0.1, -0.05) is 12.1 Å². The molecule has 1 aliphatic carbocycles. The molecule has 0 bridgehead atoms. The molecule has 1 aliphatic rings. The molecular formula is C19H22N4O. The number of fused-ring (bicyclic) bond motifs is 1. The van der Waals surface area contributed by atoms with Crippen LogP contribution in [0.25, 0.3) is 10.9 Å². The lowest BCUT2D eigenvalue weighted by Gasteiger charge is -2.42. The summed E-state index contributed by atoms with van der Waals surface area (Å²) in [5.41, 5.74) is 4.61. The van der Waals surface area contributed by atoms with Crippen LogP contribution in [0.3, 0.4) is 0 Å². The van der Waals surface area contributed by atoms with Crippen molar-refractivity contribution in [3.05, 3.63) is 59.5 Å². The van der Waals surface area contributed by atoms with Gasteiger partial charge in [0, 0.05) is 30.4 Å². The van der Waals surface area contributed by atoms with Crippen molar-refractivity contribution in [2.75, 3.05) is 0 Å². The van der Waals surface area contributed by atoms with E-state index < -0.39 is 0 Å². The summed E-state index contributed by atoms with van der Waals surface area (Å²) < 4.78 is 1.89. The van der Waals surface area contributed by atoms with E-state index in [4.69, 9.17) is 0 Å². The van der Waals surface area contributed by atoms with Crippen LogP contribution in [-0.4, -0.2) is 32.0 Å². The summed E-state index contributed by atoms with van der Waals surface area (Å²) >= 11 is 0. The predicted octanol–water partition coefficient (Wildman–Crippen LogP) is 2.51. The number of pyridine rings is 1. The van der Waals surface area contributed by atoms with Crippen LogP contribution < -0.4 is 5.32 Å². The van der Waals surface area contributed by atoms with E-state index in [0.29, 0.717) is 0 Å². The van der Waals surface area contributed by atoms with Gasteiger partial charge in [0.2, 0.25) is 0 Å². The van der Waals surface area contributed by atoms with Gasteiger partial charge < -0.3 is 10.4 Å². The lowest BCUT2D eigenvalue weighted by Crippen LogP contribution is -2.54. The number of nitrogens with zero attached hydrogens (tertiary/aromatic N) is 3. The summed E-state index contributed by atoms with van der Waals surface area (Å²) in [5.74, 6) is 0. The predicted molar refractivity (Wildman–Crippen MR) is 93.7 cm³/mol. The Kier molecular flexibility index (Phi) is 3.82. The minimum atomic E-state index is -0.329. The third-order valence-electron chi connectivity index (χ3n) is 4.86. The second-order valence-corrected chi connectivity index (χ2v) is 6.77. The van der Waals surface area contributed by atoms with E-state index in [1.165, 1.54) is 16.5 Å². The molecule has 1 saturated carbocycles. The highest BCUT2D eigenvalue weighted by Crippen LogP contribution is 2.33. The van der Waals surface area contributed by atoms with Crippen LogP contribution in [-0.2, 0) is 6.54 Å². The van der Waals surface area contributed by atoms with Crippen LogP contribution >= 0.6 is 0 Å². The number of aryl methyl sites for hydroxylation is 2. The Morgan fingerprint density at radius 3 is 2.96 bits per heavy atom. The highest BCUT2D eigenvalue weighted by molar-refractivity contribution is 5.82. The van der Waals surface area contributed by atoms with E-state index in [1.54, 1.807) is 0 Å². The lowest BCUT2D eigenvalue weighted by atomic mass is 9.83. The zero-order chi connectivity index (χ0) is 16.7. The second-order valence-electron chi connectivity index (χ2n) is 6.77. The molecule has 1 fully saturated rings. The third-order valence-corrected chi connectivity index (χ3v) is 4.86. The Morgan fingerprint density at radius 2 is 2.21 bits per heavy atom. The van der Waals surface area contributed by atoms with E-state index >= 15 is 0 Å². The van der Waals surface area contributed by atoms with E-state index in [9.17, 15) is 5.11 Å². The number of nitrogens with one attached hydrogen (secondary N) is 1. The molecule has 2 aromatic heterocycles. The molecule has 0 aliphatic heterocycles. The Morgan fingerprint density at radius 1 is 1.33 bits per heavy atom. The molecule has 0 saturated heterocycles. The summed E-state index contributed by atoms with van der Waals surface area (Å²) in [6, 6.07) is 8.69. The molecule has 5 heteroatoms. The molecule has 0 radical (unpaired) electrons. The molecule has 1 aromatic carbocycles. The monoisotopic (exact) mass is 322 g/mol. The Labute approximate surface area is 141 Å². The number of aromatic nitrogens is 3. The van der Waals surface area contributed by atoms with Crippen LogP contribution in [0.15, 0.2) is 42.9 Å². The molecule has 124 valence electrons. The maximum Gasteiger partial charge on any atom is 0.0932 e. The quantitative estimate of drug-likeness (QED) is 0.775. The molecule has 0 unspecified atom stereocenters. The van der Waals surface area contributed by atoms with Gasteiger partial charge in [0.1, 0.15) is 0 Å². The van der Waals surface area contributed by atoms with E-state index in [2.05, 4.69) is 40.5 Å². The standard InChI is InChI=1S/C19H22N4O/c1-12-9-22-23(11-12)19-16(8-17(19)24)21-10-14-6-13(2)18-15(7-14)4-3-5-20-18/h3-7,9,11,16-17,19,21,24H,8,10H2,1-2H3/t16-,17+,19+/m0/s1. The smallest absolute Gasteiger partial charge is 0.0932 e. The first-order valence-corrected chi connectivity index (χ1v) is 8.38. The van der Waals surface area contributed by atoms with Crippen LogP contribution in [0.5, 0.6) is 0 Å². The maximum atomic E-state index is 10.1. The zero-order valence-corrected chi connectivity index (χ0v) is 14.0. The van der Waals surface area contributed by atoms with Crippen molar-refractivity contribution in [1.29, 1.82) is 0 Å². The molecule has 0 amide bonds. The molecule has 3 aromatic rings. The summed E-state index contributed by atoms with van der Waals surface area (Å²) in [7, 11) is 0. The largest absolute Gasteiger partial charge is 0.391 e. The number of hydrogen-bond acceptors (Lipinski definition) is 4. The van der Waals surface area contributed by atoms with Gasteiger partial charge in [0.25, 0.3) is 0 Å². The fourth-order valence-electron chi connectivity index (χ4n) is 3.57. The van der Waals surface area contributed by atoms with Crippen molar-refractivity contribution in [3.63, 3.8) is 0 Å². The number of aliphatic hydroxyl groups is 1. The molecule has 0 spiro atoms. The normalized spacial score (nSPS) is 23.4. The molecule has 5 nitrogen and oxygen atoms in total. The Balaban J connectivity index is 1.49. The number of aliphatic hydroxyl groups excluding tert-OH is 1. The average Bonchev–Trinajstić information content (AvgIpc) is 2.96. The number of rotatable bonds is 4. The van der Waals surface area contributed by atoms with Crippen molar-refractivity contribution < 1.29 is 5.11 Å². The van der Waals surface area contributed by atoms with Crippen molar-refractivity contribution >= 4 is 10.9 Å². The van der Waals surface area contributed by atoms with Crippen LogP contribution in [0, 0.1) is 13.8 Å². The molecule has 3 atom stereocenters. The van der Waals surface area contributed by atoms with Gasteiger partial charge in [-0.05, 0) is 49.1 Å². The van der Waals surface area contributed by atoms with E-state index in [1.807, 2.05) is 36.3 Å². The SMILES string of the molecule is Cc1cnn([C@H]2[C@H](O)C[C@@H]2NCc2cc(C)c3ncccc3c2)c1. The summed E-state index contributed by atoms with van der Waals surface area (Å²) in [6.45, 7) is 4.89. The highest BCUT2D eigenvalue weighted by atomic mass is 16.3. The summed E-state index contributed by atoms with van der Waals surface area (Å²) in [5, 5.41) is 19.2. The summed E-state index contributed by atoms with van der Waals surface area (Å²) in [4.78, 5) is 4.44. The number of hydrogen-bond donors (Lipinski definition) is 2. The first-order valence-electron chi connectivity index (χ1n) is 8.38. The van der Waals surface area contributed by atoms with Crippen molar-refractivity contribution in [1.82, 2.24) is 20.1 Å². The van der Waals surface area contributed by atoms with Crippen molar-refractivity contribution in [2.24, 2.45) is 0 Å². The Bertz CT molecular complexity index is 873. The fraction of sp³-hybridized carbons (Fsp3) is 0.368. The lowest BCUT2D eigenvalue weighted by molar-refractivity contribution is -0.00823. The highest BCUT2D eigenvalue weighted by Gasteiger charge is 2.41. The molecule has 4 rings (SSSR count). The minimum absolute atomic E-state index is 0.0157. The second kappa shape index (κ2) is 6.00. The summed E-state index contributed by atoms with van der Waals surface area (Å²) in [6.07, 6.45) is 6.09. The van der Waals surface area contributed by atoms with E-state index in [0.717, 1.165) is 24.0 Å². The van der Waals surface area contributed by atoms with Gasteiger partial charge in [-0.2, -0.15) is 5.10 Å². The molecular weight excluding hydrogens is 300 g/mol. The topological polar surface area (TPSA) is 63.0 Å². The van der Waals surface area contributed by atoms with Crippen molar-refractivity contribution in [2.45, 2.75) is 45.0 Å². The Hall–Kier alpha value is -2.24. The average molecular weight is 322 g/mol. The van der Waals surface area contributed by atoms with Crippen molar-refractivity contribution in [3.8, 4) is 0 Å². The van der Waals surface area contributed by atoms with Gasteiger partial charge in [-0.25, -0.2) is 0 Å². The van der Waals surface area contributed by atoms with Gasteiger partial charge in [0.05, 0.1) is 23.9 Å².